The smallest absolute Gasteiger partial charge is 0.410 e. The molecule has 0 bridgehead atoms. The van der Waals surface area contributed by atoms with Gasteiger partial charge in [0.2, 0.25) is 0 Å². The van der Waals surface area contributed by atoms with E-state index in [1.54, 1.807) is 21.9 Å². The molecule has 1 unspecified atom stereocenters. The third-order valence-electron chi connectivity index (χ3n) is 6.83. The highest BCUT2D eigenvalue weighted by Crippen LogP contribution is 2.43. The van der Waals surface area contributed by atoms with Gasteiger partial charge in [-0.1, -0.05) is 36.4 Å². The zero-order valence-corrected chi connectivity index (χ0v) is 18.6. The highest BCUT2D eigenvalue weighted by molar-refractivity contribution is 6.16. The van der Waals surface area contributed by atoms with Crippen molar-refractivity contribution in [3.8, 4) is 0 Å². The lowest BCUT2D eigenvalue weighted by Gasteiger charge is -2.50. The van der Waals surface area contributed by atoms with Crippen LogP contribution < -0.4 is 4.90 Å². The van der Waals surface area contributed by atoms with Gasteiger partial charge in [0.15, 0.2) is 0 Å². The molecule has 33 heavy (non-hydrogen) atoms. The molecule has 2 aromatic carbocycles. The number of carbonyl (C=O) groups excluding carboxylic acids is 2. The number of aliphatic imine (C=N–C) groups is 1. The first-order valence-electron chi connectivity index (χ1n) is 11.4. The van der Waals surface area contributed by atoms with Crippen molar-refractivity contribution in [1.29, 1.82) is 0 Å². The molecule has 2 atom stereocenters. The number of ether oxygens (including phenoxy) is 1. The van der Waals surface area contributed by atoms with Crippen LogP contribution in [-0.4, -0.2) is 59.0 Å². The molecule has 0 aromatic heterocycles. The number of hydrogen-bond acceptors (Lipinski definition) is 4. The van der Waals surface area contributed by atoms with E-state index in [4.69, 9.17) is 4.74 Å². The molecule has 8 heteroatoms. The molecule has 3 aliphatic heterocycles. The van der Waals surface area contributed by atoms with Crippen LogP contribution in [0, 0.1) is 5.82 Å². The summed E-state index contributed by atoms with van der Waals surface area (Å²) >= 11 is 0. The van der Waals surface area contributed by atoms with Crippen LogP contribution in [0.5, 0.6) is 0 Å². The lowest BCUT2D eigenvalue weighted by Crippen LogP contribution is -2.65. The van der Waals surface area contributed by atoms with Gasteiger partial charge in [-0.25, -0.2) is 14.0 Å². The molecule has 2 fully saturated rings. The minimum atomic E-state index is -0.707. The molecule has 0 radical (unpaired) electrons. The van der Waals surface area contributed by atoms with E-state index in [1.165, 1.54) is 12.1 Å². The maximum atomic E-state index is 14.1. The molecule has 5 rings (SSSR count). The van der Waals surface area contributed by atoms with Crippen LogP contribution in [0.3, 0.4) is 0 Å². The van der Waals surface area contributed by atoms with Crippen LogP contribution >= 0.6 is 0 Å². The standard InChI is InChI=1S/C25H27FN4O3/c1-18-16-25(11-14-29(18)24(32)33-17-19-7-3-2-4-8-19)22(28-12-6-13-28)27-23(31)30(25)21-10-5-9-20(26)15-21/h2-5,7-10,15,18H,6,11-14,16-17H2,1H3/t18-,25?/m0/s1. The number of amidine groups is 1. The Morgan fingerprint density at radius 1 is 1.15 bits per heavy atom. The molecule has 2 saturated heterocycles. The minimum absolute atomic E-state index is 0.185. The average molecular weight is 451 g/mol. The molecule has 0 N–H and O–H groups in total. The topological polar surface area (TPSA) is 65.5 Å². The number of carbonyl (C=O) groups is 2. The normalized spacial score (nSPS) is 24.7. The molecule has 3 heterocycles. The first kappa shape index (κ1) is 21.4. The van der Waals surface area contributed by atoms with E-state index in [0.29, 0.717) is 25.1 Å². The van der Waals surface area contributed by atoms with E-state index in [0.717, 1.165) is 30.9 Å². The third kappa shape index (κ3) is 3.83. The second kappa shape index (κ2) is 8.50. The summed E-state index contributed by atoms with van der Waals surface area (Å²) in [5.74, 6) is 0.343. The Labute approximate surface area is 192 Å². The van der Waals surface area contributed by atoms with Gasteiger partial charge in [-0.3, -0.25) is 4.90 Å². The SMILES string of the molecule is C[C@H]1CC2(CCN1C(=O)OCc1ccccc1)C(N1CCC1)=NC(=O)N2c1cccc(F)c1. The number of benzene rings is 2. The summed E-state index contributed by atoms with van der Waals surface area (Å²) in [7, 11) is 0. The highest BCUT2D eigenvalue weighted by atomic mass is 19.1. The van der Waals surface area contributed by atoms with E-state index in [2.05, 4.69) is 9.89 Å². The molecular formula is C25H27FN4O3. The van der Waals surface area contributed by atoms with Gasteiger partial charge in [0, 0.05) is 31.4 Å². The molecule has 2 aromatic rings. The van der Waals surface area contributed by atoms with Gasteiger partial charge >= 0.3 is 12.1 Å². The van der Waals surface area contributed by atoms with Crippen molar-refractivity contribution >= 4 is 23.6 Å². The van der Waals surface area contributed by atoms with E-state index >= 15 is 0 Å². The summed E-state index contributed by atoms with van der Waals surface area (Å²) in [5.41, 5.74) is 0.713. The van der Waals surface area contributed by atoms with Crippen LogP contribution in [0.1, 0.15) is 31.7 Å². The molecule has 0 aliphatic carbocycles. The minimum Gasteiger partial charge on any atom is -0.445 e. The van der Waals surface area contributed by atoms with Crippen molar-refractivity contribution in [2.45, 2.75) is 44.4 Å². The lowest BCUT2D eigenvalue weighted by molar-refractivity contribution is 0.0627. The fraction of sp³-hybridized carbons (Fsp3) is 0.400. The number of urea groups is 1. The summed E-state index contributed by atoms with van der Waals surface area (Å²) in [6.07, 6.45) is 1.70. The van der Waals surface area contributed by atoms with Gasteiger partial charge in [-0.2, -0.15) is 4.99 Å². The molecule has 0 saturated carbocycles. The summed E-state index contributed by atoms with van der Waals surface area (Å²) in [6, 6.07) is 15.1. The van der Waals surface area contributed by atoms with Crippen molar-refractivity contribution in [3.05, 3.63) is 66.0 Å². The van der Waals surface area contributed by atoms with Crippen LogP contribution in [-0.2, 0) is 11.3 Å². The molecule has 3 aliphatic rings. The van der Waals surface area contributed by atoms with Gasteiger partial charge in [-0.05, 0) is 49.9 Å². The summed E-state index contributed by atoms with van der Waals surface area (Å²) in [6.45, 7) is 4.29. The summed E-state index contributed by atoms with van der Waals surface area (Å²) in [4.78, 5) is 35.8. The number of nitrogens with zero attached hydrogens (tertiary/aromatic N) is 4. The Balaban J connectivity index is 1.38. The van der Waals surface area contributed by atoms with Crippen molar-refractivity contribution in [2.75, 3.05) is 24.5 Å². The van der Waals surface area contributed by atoms with Crippen LogP contribution in [0.15, 0.2) is 59.6 Å². The number of likely N-dealkylation sites (tertiary alicyclic amines) is 2. The van der Waals surface area contributed by atoms with E-state index in [-0.39, 0.29) is 24.8 Å². The Hall–Kier alpha value is -3.42. The average Bonchev–Trinajstić information content (AvgIpc) is 3.02. The molecule has 1 spiro atoms. The van der Waals surface area contributed by atoms with Crippen molar-refractivity contribution in [1.82, 2.24) is 9.80 Å². The first-order chi connectivity index (χ1) is 16.0. The van der Waals surface area contributed by atoms with Crippen LogP contribution in [0.2, 0.25) is 0 Å². The predicted molar refractivity (Wildman–Crippen MR) is 123 cm³/mol. The Bertz CT molecular complexity index is 1090. The number of halogens is 1. The zero-order valence-electron chi connectivity index (χ0n) is 18.6. The second-order valence-electron chi connectivity index (χ2n) is 8.94. The van der Waals surface area contributed by atoms with Crippen molar-refractivity contribution < 1.29 is 18.7 Å². The number of piperidine rings is 1. The van der Waals surface area contributed by atoms with E-state index in [9.17, 15) is 14.0 Å². The lowest BCUT2D eigenvalue weighted by atomic mass is 9.80. The summed E-state index contributed by atoms with van der Waals surface area (Å²) in [5, 5.41) is 0. The van der Waals surface area contributed by atoms with Gasteiger partial charge in [0.1, 0.15) is 23.8 Å². The number of hydrogen-bond donors (Lipinski definition) is 0. The Morgan fingerprint density at radius 2 is 1.94 bits per heavy atom. The predicted octanol–water partition coefficient (Wildman–Crippen LogP) is 4.43. The molecule has 3 amide bonds. The van der Waals surface area contributed by atoms with Crippen LogP contribution in [0.4, 0.5) is 19.7 Å². The van der Waals surface area contributed by atoms with Crippen molar-refractivity contribution in [3.63, 3.8) is 0 Å². The zero-order chi connectivity index (χ0) is 23.0. The highest BCUT2D eigenvalue weighted by Gasteiger charge is 2.56. The fourth-order valence-corrected chi connectivity index (χ4v) is 5.10. The Kier molecular flexibility index (Phi) is 5.52. The van der Waals surface area contributed by atoms with Gasteiger partial charge in [0.05, 0.1) is 0 Å². The van der Waals surface area contributed by atoms with Crippen molar-refractivity contribution in [2.24, 2.45) is 4.99 Å². The monoisotopic (exact) mass is 450 g/mol. The number of amides is 3. The van der Waals surface area contributed by atoms with Gasteiger partial charge < -0.3 is 14.5 Å². The van der Waals surface area contributed by atoms with Gasteiger partial charge in [-0.15, -0.1) is 0 Å². The maximum absolute atomic E-state index is 14.1. The number of rotatable bonds is 3. The molecular weight excluding hydrogens is 423 g/mol. The fourth-order valence-electron chi connectivity index (χ4n) is 5.10. The quantitative estimate of drug-likeness (QED) is 0.694. The Morgan fingerprint density at radius 3 is 2.61 bits per heavy atom. The second-order valence-corrected chi connectivity index (χ2v) is 8.94. The molecule has 172 valence electrons. The van der Waals surface area contributed by atoms with E-state index in [1.807, 2.05) is 37.3 Å². The maximum Gasteiger partial charge on any atom is 0.410 e. The number of anilines is 1. The van der Waals surface area contributed by atoms with E-state index < -0.39 is 11.4 Å². The largest absolute Gasteiger partial charge is 0.445 e. The first-order valence-corrected chi connectivity index (χ1v) is 11.4. The third-order valence-corrected chi connectivity index (χ3v) is 6.83. The summed E-state index contributed by atoms with van der Waals surface area (Å²) < 4.78 is 19.6. The molecule has 7 nitrogen and oxygen atoms in total. The van der Waals surface area contributed by atoms with Gasteiger partial charge in [0.25, 0.3) is 0 Å². The van der Waals surface area contributed by atoms with Crippen LogP contribution in [0.25, 0.3) is 0 Å².